The summed E-state index contributed by atoms with van der Waals surface area (Å²) in [5.74, 6) is 0.0208. The normalized spacial score (nSPS) is 17.0. The lowest BCUT2D eigenvalue weighted by Gasteiger charge is -2.33. The Labute approximate surface area is 125 Å². The number of nitrogens with two attached hydrogens (primary N) is 1. The molecule has 0 saturated heterocycles. The lowest BCUT2D eigenvalue weighted by molar-refractivity contribution is 0.0965. The summed E-state index contributed by atoms with van der Waals surface area (Å²) in [6, 6.07) is 8.96. The summed E-state index contributed by atoms with van der Waals surface area (Å²) in [6.07, 6.45) is -0.0839. The SMILES string of the molecule is C[C@H]1CN(C(=O)c2cc(C(N)=O)cs2)c2ccccc2O1. The molecule has 1 aliphatic heterocycles. The molecule has 6 heteroatoms. The third-order valence-corrected chi connectivity index (χ3v) is 4.18. The molecule has 2 amide bonds. The Kier molecular flexibility index (Phi) is 3.39. The van der Waals surface area contributed by atoms with Crippen molar-refractivity contribution in [1.29, 1.82) is 0 Å². The number of amides is 2. The monoisotopic (exact) mass is 302 g/mol. The maximum Gasteiger partial charge on any atom is 0.268 e. The topological polar surface area (TPSA) is 72.6 Å². The van der Waals surface area contributed by atoms with Gasteiger partial charge in [-0.05, 0) is 25.1 Å². The fraction of sp³-hybridized carbons (Fsp3) is 0.200. The highest BCUT2D eigenvalue weighted by atomic mass is 32.1. The number of rotatable bonds is 2. The summed E-state index contributed by atoms with van der Waals surface area (Å²) in [4.78, 5) is 26.0. The van der Waals surface area contributed by atoms with E-state index in [4.69, 9.17) is 10.5 Å². The van der Waals surface area contributed by atoms with Crippen molar-refractivity contribution >= 4 is 28.8 Å². The van der Waals surface area contributed by atoms with Crippen LogP contribution in [0.25, 0.3) is 0 Å². The molecule has 108 valence electrons. The van der Waals surface area contributed by atoms with Gasteiger partial charge in [-0.1, -0.05) is 12.1 Å². The van der Waals surface area contributed by atoms with Crippen molar-refractivity contribution in [2.45, 2.75) is 13.0 Å². The molecule has 0 radical (unpaired) electrons. The first-order valence-electron chi connectivity index (χ1n) is 6.52. The van der Waals surface area contributed by atoms with E-state index in [2.05, 4.69) is 0 Å². The van der Waals surface area contributed by atoms with E-state index in [1.54, 1.807) is 10.3 Å². The number of anilines is 1. The number of ether oxygens (including phenoxy) is 1. The van der Waals surface area contributed by atoms with Gasteiger partial charge in [0.15, 0.2) is 0 Å². The molecule has 1 atom stereocenters. The van der Waals surface area contributed by atoms with Gasteiger partial charge in [0.2, 0.25) is 5.91 Å². The van der Waals surface area contributed by atoms with Crippen LogP contribution in [-0.2, 0) is 0 Å². The zero-order valence-corrected chi connectivity index (χ0v) is 12.2. The highest BCUT2D eigenvalue weighted by Gasteiger charge is 2.29. The number of hydrogen-bond donors (Lipinski definition) is 1. The third-order valence-electron chi connectivity index (χ3n) is 3.26. The van der Waals surface area contributed by atoms with Crippen LogP contribution in [0.3, 0.4) is 0 Å². The van der Waals surface area contributed by atoms with Crippen molar-refractivity contribution in [2.75, 3.05) is 11.4 Å². The van der Waals surface area contributed by atoms with Crippen LogP contribution in [0.5, 0.6) is 5.75 Å². The highest BCUT2D eigenvalue weighted by molar-refractivity contribution is 7.12. The highest BCUT2D eigenvalue weighted by Crippen LogP contribution is 2.34. The van der Waals surface area contributed by atoms with E-state index < -0.39 is 5.91 Å². The van der Waals surface area contributed by atoms with Gasteiger partial charge in [-0.2, -0.15) is 0 Å². The van der Waals surface area contributed by atoms with Crippen LogP contribution in [0.15, 0.2) is 35.7 Å². The van der Waals surface area contributed by atoms with E-state index in [-0.39, 0.29) is 12.0 Å². The van der Waals surface area contributed by atoms with E-state index in [1.807, 2.05) is 31.2 Å². The quantitative estimate of drug-likeness (QED) is 0.925. The van der Waals surface area contributed by atoms with E-state index in [9.17, 15) is 9.59 Å². The number of thiophene rings is 1. The molecule has 0 fully saturated rings. The zero-order chi connectivity index (χ0) is 15.0. The first-order chi connectivity index (χ1) is 10.1. The molecule has 2 heterocycles. The van der Waals surface area contributed by atoms with Gasteiger partial charge in [0, 0.05) is 5.38 Å². The van der Waals surface area contributed by atoms with Crippen molar-refractivity contribution < 1.29 is 14.3 Å². The van der Waals surface area contributed by atoms with Crippen molar-refractivity contribution in [3.63, 3.8) is 0 Å². The molecule has 0 spiro atoms. The van der Waals surface area contributed by atoms with Gasteiger partial charge in [0.1, 0.15) is 11.9 Å². The van der Waals surface area contributed by atoms with Gasteiger partial charge in [-0.15, -0.1) is 11.3 Å². The summed E-state index contributed by atoms with van der Waals surface area (Å²) >= 11 is 1.22. The Bertz CT molecular complexity index is 710. The molecule has 21 heavy (non-hydrogen) atoms. The minimum atomic E-state index is -0.527. The first-order valence-corrected chi connectivity index (χ1v) is 7.40. The van der Waals surface area contributed by atoms with Crippen LogP contribution in [-0.4, -0.2) is 24.5 Å². The Morgan fingerprint density at radius 1 is 1.38 bits per heavy atom. The number of carbonyl (C=O) groups excluding carboxylic acids is 2. The maximum absolute atomic E-state index is 12.7. The molecule has 0 bridgehead atoms. The summed E-state index contributed by atoms with van der Waals surface area (Å²) in [5, 5.41) is 1.60. The molecule has 1 aromatic carbocycles. The Balaban J connectivity index is 1.95. The van der Waals surface area contributed by atoms with Crippen LogP contribution in [0, 0.1) is 0 Å². The second-order valence-corrected chi connectivity index (χ2v) is 5.79. The Hall–Kier alpha value is -2.34. The van der Waals surface area contributed by atoms with Crippen LogP contribution >= 0.6 is 11.3 Å². The van der Waals surface area contributed by atoms with Crippen molar-refractivity contribution in [2.24, 2.45) is 5.73 Å². The first kappa shape index (κ1) is 13.6. The van der Waals surface area contributed by atoms with Gasteiger partial charge in [-0.25, -0.2) is 0 Å². The van der Waals surface area contributed by atoms with Gasteiger partial charge in [0.05, 0.1) is 22.7 Å². The van der Waals surface area contributed by atoms with E-state index >= 15 is 0 Å². The number of para-hydroxylation sites is 2. The van der Waals surface area contributed by atoms with E-state index in [1.165, 1.54) is 17.4 Å². The molecular formula is C15H14N2O3S. The fourth-order valence-corrected chi connectivity index (χ4v) is 3.14. The van der Waals surface area contributed by atoms with Gasteiger partial charge < -0.3 is 15.4 Å². The molecule has 1 aromatic heterocycles. The van der Waals surface area contributed by atoms with Crippen molar-refractivity contribution in [3.05, 3.63) is 46.2 Å². The number of hydrogen-bond acceptors (Lipinski definition) is 4. The molecule has 3 rings (SSSR count). The minimum Gasteiger partial charge on any atom is -0.487 e. The zero-order valence-electron chi connectivity index (χ0n) is 11.4. The van der Waals surface area contributed by atoms with Crippen LogP contribution in [0.1, 0.15) is 27.0 Å². The smallest absolute Gasteiger partial charge is 0.268 e. The maximum atomic E-state index is 12.7. The van der Waals surface area contributed by atoms with Crippen LogP contribution in [0.2, 0.25) is 0 Å². The largest absolute Gasteiger partial charge is 0.487 e. The predicted octanol–water partition coefficient (Wildman–Crippen LogP) is 2.27. The van der Waals surface area contributed by atoms with Gasteiger partial charge in [-0.3, -0.25) is 9.59 Å². The molecule has 5 nitrogen and oxygen atoms in total. The molecule has 0 aliphatic carbocycles. The molecule has 1 aliphatic rings. The lowest BCUT2D eigenvalue weighted by atomic mass is 10.2. The third kappa shape index (κ3) is 2.50. The number of primary amides is 1. The molecular weight excluding hydrogens is 288 g/mol. The number of benzene rings is 1. The van der Waals surface area contributed by atoms with Crippen LogP contribution < -0.4 is 15.4 Å². The summed E-state index contributed by atoms with van der Waals surface area (Å²) in [6.45, 7) is 2.39. The Morgan fingerprint density at radius 3 is 2.86 bits per heavy atom. The predicted molar refractivity (Wildman–Crippen MR) is 81.0 cm³/mol. The van der Waals surface area contributed by atoms with Crippen molar-refractivity contribution in [1.82, 2.24) is 0 Å². The number of carbonyl (C=O) groups is 2. The second kappa shape index (κ2) is 5.21. The number of fused-ring (bicyclic) bond motifs is 1. The molecule has 2 aromatic rings. The second-order valence-electron chi connectivity index (χ2n) is 4.88. The summed E-state index contributed by atoms with van der Waals surface area (Å²) in [7, 11) is 0. The molecule has 0 saturated carbocycles. The lowest BCUT2D eigenvalue weighted by Crippen LogP contribution is -2.42. The Morgan fingerprint density at radius 2 is 2.14 bits per heavy atom. The molecule has 0 unspecified atom stereocenters. The fourth-order valence-electron chi connectivity index (χ4n) is 2.29. The van der Waals surface area contributed by atoms with E-state index in [0.29, 0.717) is 22.7 Å². The van der Waals surface area contributed by atoms with E-state index in [0.717, 1.165) is 5.69 Å². The van der Waals surface area contributed by atoms with Gasteiger partial charge >= 0.3 is 0 Å². The molecule has 2 N–H and O–H groups in total. The minimum absolute atomic E-state index is 0.0839. The number of nitrogens with zero attached hydrogens (tertiary/aromatic N) is 1. The summed E-state index contributed by atoms with van der Waals surface area (Å²) in [5.41, 5.74) is 6.33. The standard InChI is InChI=1S/C15H14N2O3S/c1-9-7-17(11-4-2-3-5-12(11)20-9)15(19)13-6-10(8-21-13)14(16)18/h2-6,8-9H,7H2,1H3,(H2,16,18)/t9-/m0/s1. The van der Waals surface area contributed by atoms with Crippen molar-refractivity contribution in [3.8, 4) is 5.75 Å². The van der Waals surface area contributed by atoms with Crippen LogP contribution in [0.4, 0.5) is 5.69 Å². The average molecular weight is 302 g/mol. The average Bonchev–Trinajstić information content (AvgIpc) is 2.95. The van der Waals surface area contributed by atoms with Gasteiger partial charge in [0.25, 0.3) is 5.91 Å². The summed E-state index contributed by atoms with van der Waals surface area (Å²) < 4.78 is 5.73.